The van der Waals surface area contributed by atoms with Crippen LogP contribution in [-0.4, -0.2) is 41.6 Å². The summed E-state index contributed by atoms with van der Waals surface area (Å²) in [6.45, 7) is 16.0. The Bertz CT molecular complexity index is 704. The molecule has 0 aliphatic carbocycles. The van der Waals surface area contributed by atoms with Gasteiger partial charge in [0.2, 0.25) is 0 Å². The van der Waals surface area contributed by atoms with Gasteiger partial charge in [-0.1, -0.05) is 31.9 Å². The van der Waals surface area contributed by atoms with Crippen molar-refractivity contribution in [2.75, 3.05) is 13.2 Å². The molecule has 0 unspecified atom stereocenters. The standard InChI is InChI=1S/C20H27N2O2.2ClH.H2O.Rh/c1-18(2,3)15-9-13(16-21-19(4,5)11-23-16)8-14(10-15)17-22-20(6,7)12-24-17;;;;/h9-10H,11-12H2,1-7H3;2*1H;1H2;/q-1;;;;+3/p-2. The van der Waals surface area contributed by atoms with Crippen LogP contribution in [0.1, 0.15) is 65.2 Å². The molecule has 0 spiro atoms. The summed E-state index contributed by atoms with van der Waals surface area (Å²) in [6.07, 6.45) is 0. The van der Waals surface area contributed by atoms with E-state index >= 15 is 0 Å². The number of ether oxygens (including phenoxy) is 2. The van der Waals surface area contributed by atoms with Gasteiger partial charge in [0.25, 0.3) is 0 Å². The molecule has 2 aliphatic heterocycles. The maximum atomic E-state index is 5.82. The van der Waals surface area contributed by atoms with E-state index in [9.17, 15) is 0 Å². The molecule has 3 rings (SSSR count). The molecule has 28 heavy (non-hydrogen) atoms. The van der Waals surface area contributed by atoms with Crippen LogP contribution in [0.3, 0.4) is 0 Å². The van der Waals surface area contributed by atoms with E-state index < -0.39 is 0 Å². The second-order valence-corrected chi connectivity index (χ2v) is 11.5. The Morgan fingerprint density at radius 1 is 0.929 bits per heavy atom. The molecule has 0 aromatic heterocycles. The van der Waals surface area contributed by atoms with E-state index in [-0.39, 0.29) is 37.1 Å². The van der Waals surface area contributed by atoms with Gasteiger partial charge in [-0.25, -0.2) is 0 Å². The van der Waals surface area contributed by atoms with E-state index in [4.69, 9.17) is 38.8 Å². The minimum atomic E-state index is -0.226. The quantitative estimate of drug-likeness (QED) is 0.428. The van der Waals surface area contributed by atoms with Crippen molar-refractivity contribution in [1.29, 1.82) is 0 Å². The van der Waals surface area contributed by atoms with Crippen LogP contribution in [0.2, 0.25) is 0 Å². The first kappa shape index (κ1) is 25.4. The van der Waals surface area contributed by atoms with Crippen molar-refractivity contribution in [3.63, 3.8) is 0 Å². The van der Waals surface area contributed by atoms with Gasteiger partial charge in [0.1, 0.15) is 25.0 Å². The van der Waals surface area contributed by atoms with Crippen LogP contribution < -0.4 is 0 Å². The number of hydrogen-bond acceptors (Lipinski definition) is 4. The third-order valence-corrected chi connectivity index (χ3v) is 4.13. The molecule has 0 amide bonds. The van der Waals surface area contributed by atoms with Gasteiger partial charge in [-0.2, -0.15) is 0 Å². The van der Waals surface area contributed by atoms with E-state index in [1.807, 2.05) is 0 Å². The Morgan fingerprint density at radius 3 is 1.54 bits per heavy atom. The van der Waals surface area contributed by atoms with E-state index in [0.29, 0.717) is 25.0 Å². The summed E-state index contributed by atoms with van der Waals surface area (Å²) < 4.78 is 11.6. The fourth-order valence-corrected chi connectivity index (χ4v) is 2.68. The van der Waals surface area contributed by atoms with Crippen molar-refractivity contribution in [2.45, 2.75) is 65.0 Å². The molecule has 8 heteroatoms. The molecule has 2 aliphatic rings. The summed E-state index contributed by atoms with van der Waals surface area (Å²) in [7, 11) is 9.67. The third kappa shape index (κ3) is 6.69. The summed E-state index contributed by atoms with van der Waals surface area (Å²) in [6, 6.07) is 7.64. The molecule has 0 saturated heterocycles. The normalized spacial score (nSPS) is 19.5. The van der Waals surface area contributed by atoms with Gasteiger partial charge in [-0.3, -0.25) is 9.98 Å². The molecule has 2 heterocycles. The molecule has 0 fully saturated rings. The Kier molecular flexibility index (Phi) is 8.54. The van der Waals surface area contributed by atoms with E-state index in [0.717, 1.165) is 11.1 Å². The minimum absolute atomic E-state index is 0. The van der Waals surface area contributed by atoms with Crippen molar-refractivity contribution < 1.29 is 30.1 Å². The first-order chi connectivity index (χ1) is 12.4. The van der Waals surface area contributed by atoms with E-state index in [2.05, 4.69) is 66.7 Å². The van der Waals surface area contributed by atoms with Crippen molar-refractivity contribution in [2.24, 2.45) is 9.98 Å². The number of halogens is 2. The van der Waals surface area contributed by atoms with Crippen LogP contribution in [-0.2, 0) is 30.0 Å². The molecule has 1 aromatic rings. The summed E-state index contributed by atoms with van der Waals surface area (Å²) in [5.41, 5.74) is 2.56. The Labute approximate surface area is 183 Å². The number of rotatable bonds is 2. The summed E-state index contributed by atoms with van der Waals surface area (Å²) >= 11 is -0.226. The van der Waals surface area contributed by atoms with Gasteiger partial charge in [0, 0.05) is 0 Å². The number of benzene rings is 1. The molecular formula is C20H29Cl2N2O3Rh. The van der Waals surface area contributed by atoms with Crippen LogP contribution in [0.4, 0.5) is 0 Å². The Hall–Kier alpha value is -0.677. The molecule has 0 atom stereocenters. The molecule has 5 nitrogen and oxygen atoms in total. The number of aliphatic imine (C=N–C) groups is 2. The second-order valence-electron chi connectivity index (χ2n) is 9.03. The molecular weight excluding hydrogens is 490 g/mol. The average Bonchev–Trinajstić information content (AvgIpc) is 3.09. The molecule has 0 bridgehead atoms. The zero-order valence-corrected chi connectivity index (χ0v) is 20.5. The van der Waals surface area contributed by atoms with Crippen molar-refractivity contribution in [1.82, 2.24) is 0 Å². The van der Waals surface area contributed by atoms with Gasteiger partial charge in [0.05, 0.1) is 11.1 Å². The van der Waals surface area contributed by atoms with Crippen molar-refractivity contribution in [3.05, 3.63) is 34.9 Å². The van der Waals surface area contributed by atoms with Crippen LogP contribution in [0.15, 0.2) is 22.1 Å². The second kappa shape index (κ2) is 9.42. The zero-order chi connectivity index (χ0) is 20.5. The Morgan fingerprint density at radius 2 is 1.29 bits per heavy atom. The molecule has 1 aromatic carbocycles. The molecule has 160 valence electrons. The van der Waals surface area contributed by atoms with E-state index in [1.54, 1.807) is 0 Å². The third-order valence-electron chi connectivity index (χ3n) is 4.13. The van der Waals surface area contributed by atoms with Crippen LogP contribution >= 0.6 is 19.4 Å². The summed E-state index contributed by atoms with van der Waals surface area (Å²) in [5, 5.41) is 0. The monoisotopic (exact) mass is 518 g/mol. The maximum absolute atomic E-state index is 5.82. The average molecular weight is 519 g/mol. The summed E-state index contributed by atoms with van der Waals surface area (Å²) in [5.74, 6) is 1.32. The molecule has 2 N–H and O–H groups in total. The first-order valence-electron chi connectivity index (χ1n) is 8.74. The van der Waals surface area contributed by atoms with Gasteiger partial charge in [-0.05, 0) is 33.1 Å². The topological polar surface area (TPSA) is 74.7 Å². The number of hydrogen-bond donors (Lipinski definition) is 0. The van der Waals surface area contributed by atoms with E-state index in [1.165, 1.54) is 5.56 Å². The zero-order valence-electron chi connectivity index (χ0n) is 17.4. The number of nitrogens with zero attached hydrogens (tertiary/aromatic N) is 2. The first-order valence-corrected chi connectivity index (χ1v) is 13.0. The Balaban J connectivity index is 0.000000921. The molecule has 0 saturated carbocycles. The van der Waals surface area contributed by atoms with Gasteiger partial charge in [0.15, 0.2) is 0 Å². The van der Waals surface area contributed by atoms with Crippen LogP contribution in [0, 0.1) is 6.07 Å². The van der Waals surface area contributed by atoms with Crippen LogP contribution in [0.25, 0.3) is 0 Å². The summed E-state index contributed by atoms with van der Waals surface area (Å²) in [4.78, 5) is 9.39. The van der Waals surface area contributed by atoms with Gasteiger partial charge >= 0.3 is 34.5 Å². The van der Waals surface area contributed by atoms with Gasteiger partial charge in [-0.15, -0.1) is 23.8 Å². The molecule has 0 radical (unpaired) electrons. The van der Waals surface area contributed by atoms with Crippen molar-refractivity contribution in [3.8, 4) is 0 Å². The predicted octanol–water partition coefficient (Wildman–Crippen LogP) is 4.45. The van der Waals surface area contributed by atoms with Crippen LogP contribution in [0.5, 0.6) is 0 Å². The fourth-order valence-electron chi connectivity index (χ4n) is 2.68. The predicted molar refractivity (Wildman–Crippen MR) is 112 cm³/mol. The van der Waals surface area contributed by atoms with Crippen molar-refractivity contribution >= 4 is 31.2 Å². The van der Waals surface area contributed by atoms with Gasteiger partial charge < -0.3 is 14.9 Å². The SMILES string of the molecule is CC1(C)COC(c2[c-]c(C3=NC(C)(C)CO3)cc(C(C)(C)C)c2)=N1.O.[Cl][Rh+][Cl]. The fraction of sp³-hybridized carbons (Fsp3) is 0.600.